The Balaban J connectivity index is 1.91. The van der Waals surface area contributed by atoms with Crippen LogP contribution in [0.2, 0.25) is 0 Å². The number of carbonyl (C=O) groups excluding carboxylic acids is 2. The molecule has 0 heterocycles. The normalized spacial score (nSPS) is 33.8. The summed E-state index contributed by atoms with van der Waals surface area (Å²) in [5.41, 5.74) is 3.74. The molecule has 0 amide bonds. The lowest BCUT2D eigenvalue weighted by Gasteiger charge is -2.71. The third-order valence-electron chi connectivity index (χ3n) is 7.46. The number of esters is 2. The van der Waals surface area contributed by atoms with E-state index in [1.165, 1.54) is 63.9 Å². The van der Waals surface area contributed by atoms with Crippen molar-refractivity contribution in [3.05, 3.63) is 22.3 Å². The van der Waals surface area contributed by atoms with Gasteiger partial charge in [0.2, 0.25) is 0 Å². The molecular weight excluding hydrogens is 328 g/mol. The predicted molar refractivity (Wildman–Crippen MR) is 98.4 cm³/mol. The van der Waals surface area contributed by atoms with E-state index in [4.69, 9.17) is 9.47 Å². The van der Waals surface area contributed by atoms with Crippen molar-refractivity contribution in [1.82, 2.24) is 0 Å². The van der Waals surface area contributed by atoms with Crippen LogP contribution in [0.5, 0.6) is 0 Å². The van der Waals surface area contributed by atoms with E-state index in [0.29, 0.717) is 11.1 Å². The maximum atomic E-state index is 12.8. The predicted octanol–water partition coefficient (Wildman–Crippen LogP) is 4.63. The molecule has 0 unspecified atom stereocenters. The lowest BCUT2D eigenvalue weighted by molar-refractivity contribution is -0.148. The molecule has 0 aromatic heterocycles. The Kier molecular flexibility index (Phi) is 4.48. The zero-order chi connectivity index (χ0) is 18.4. The smallest absolute Gasteiger partial charge is 0.335 e. The van der Waals surface area contributed by atoms with Gasteiger partial charge in [0.15, 0.2) is 0 Å². The van der Waals surface area contributed by atoms with Crippen molar-refractivity contribution in [2.75, 3.05) is 14.2 Å². The maximum Gasteiger partial charge on any atom is 0.335 e. The van der Waals surface area contributed by atoms with Crippen LogP contribution in [0.1, 0.15) is 77.0 Å². The number of hydrogen-bond acceptors (Lipinski definition) is 4. The highest BCUT2D eigenvalue weighted by molar-refractivity contribution is 6.09. The van der Waals surface area contributed by atoms with E-state index < -0.39 is 0 Å². The van der Waals surface area contributed by atoms with Gasteiger partial charge >= 0.3 is 11.9 Å². The van der Waals surface area contributed by atoms with Gasteiger partial charge in [-0.3, -0.25) is 0 Å². The molecule has 4 heteroatoms. The lowest BCUT2D eigenvalue weighted by atomic mass is 9.30. The first kappa shape index (κ1) is 17.8. The third kappa shape index (κ3) is 2.02. The largest absolute Gasteiger partial charge is 0.466 e. The third-order valence-corrected chi connectivity index (χ3v) is 7.46. The van der Waals surface area contributed by atoms with Crippen molar-refractivity contribution in [2.24, 2.45) is 10.8 Å². The van der Waals surface area contributed by atoms with Crippen molar-refractivity contribution in [2.45, 2.75) is 77.0 Å². The molecule has 0 N–H and O–H groups in total. The summed E-state index contributed by atoms with van der Waals surface area (Å²) in [6, 6.07) is 0. The monoisotopic (exact) mass is 358 g/mol. The average molecular weight is 358 g/mol. The molecule has 0 aromatic carbocycles. The standard InChI is InChI=1S/C22H30O4/c1-25-19(23)17-18(20(24)26-2)22-14-10-6-5-9-13-21(17,22)15-11-7-3-4-8-12-16(15)22/h3-14H2,1-2H3/t21-,22+. The van der Waals surface area contributed by atoms with Gasteiger partial charge in [-0.05, 0) is 38.5 Å². The van der Waals surface area contributed by atoms with Gasteiger partial charge in [0, 0.05) is 10.8 Å². The van der Waals surface area contributed by atoms with Gasteiger partial charge in [-0.15, -0.1) is 0 Å². The van der Waals surface area contributed by atoms with Gasteiger partial charge in [-0.25, -0.2) is 9.59 Å². The SMILES string of the molecule is COC(=O)C1=C(C(=O)OC)[C@]23CCCCCC[C@]12C1=C3CCCCCC1. The van der Waals surface area contributed by atoms with Gasteiger partial charge in [0.05, 0.1) is 25.4 Å². The fourth-order valence-electron chi connectivity index (χ4n) is 6.62. The van der Waals surface area contributed by atoms with Gasteiger partial charge in [-0.2, -0.15) is 0 Å². The van der Waals surface area contributed by atoms with E-state index in [0.717, 1.165) is 38.5 Å². The highest BCUT2D eigenvalue weighted by Gasteiger charge is 2.76. The molecule has 1 saturated carbocycles. The van der Waals surface area contributed by atoms with Crippen molar-refractivity contribution < 1.29 is 19.1 Å². The molecule has 142 valence electrons. The van der Waals surface area contributed by atoms with Crippen LogP contribution in [-0.4, -0.2) is 26.2 Å². The van der Waals surface area contributed by atoms with Crippen LogP contribution in [0.4, 0.5) is 0 Å². The molecule has 0 radical (unpaired) electrons. The summed E-state index contributed by atoms with van der Waals surface area (Å²) in [7, 11) is 2.85. The first-order chi connectivity index (χ1) is 12.6. The Morgan fingerprint density at radius 1 is 0.654 bits per heavy atom. The van der Waals surface area contributed by atoms with Gasteiger partial charge in [-0.1, -0.05) is 49.7 Å². The minimum atomic E-state index is -0.324. The first-order valence-corrected chi connectivity index (χ1v) is 10.3. The highest BCUT2D eigenvalue weighted by atomic mass is 16.5. The molecular formula is C22H30O4. The molecule has 4 rings (SSSR count). The van der Waals surface area contributed by atoms with Gasteiger partial charge < -0.3 is 9.47 Å². The van der Waals surface area contributed by atoms with Gasteiger partial charge in [0.1, 0.15) is 0 Å². The summed E-state index contributed by atoms with van der Waals surface area (Å²) in [6.45, 7) is 0. The van der Waals surface area contributed by atoms with Crippen LogP contribution < -0.4 is 0 Å². The number of methoxy groups -OCH3 is 2. The Labute approximate surface area is 156 Å². The lowest BCUT2D eigenvalue weighted by Crippen LogP contribution is -2.66. The van der Waals surface area contributed by atoms with Gasteiger partial charge in [0.25, 0.3) is 0 Å². The van der Waals surface area contributed by atoms with E-state index in [9.17, 15) is 9.59 Å². The van der Waals surface area contributed by atoms with E-state index in [1.807, 2.05) is 0 Å². The second-order valence-corrected chi connectivity index (χ2v) is 8.33. The summed E-state index contributed by atoms with van der Waals surface area (Å²) in [4.78, 5) is 25.6. The van der Waals surface area contributed by atoms with E-state index in [1.54, 1.807) is 0 Å². The Morgan fingerprint density at radius 2 is 1.04 bits per heavy atom. The van der Waals surface area contributed by atoms with Crippen molar-refractivity contribution >= 4 is 11.9 Å². The molecule has 0 aliphatic heterocycles. The fraction of sp³-hybridized carbons (Fsp3) is 0.727. The molecule has 26 heavy (non-hydrogen) atoms. The molecule has 0 bridgehead atoms. The second kappa shape index (κ2) is 6.54. The Morgan fingerprint density at radius 3 is 1.42 bits per heavy atom. The van der Waals surface area contributed by atoms with Crippen LogP contribution >= 0.6 is 0 Å². The van der Waals surface area contributed by atoms with Crippen LogP contribution in [-0.2, 0) is 19.1 Å². The summed E-state index contributed by atoms with van der Waals surface area (Å²) in [5.74, 6) is -0.648. The molecule has 4 nitrogen and oxygen atoms in total. The molecule has 2 atom stereocenters. The van der Waals surface area contributed by atoms with Crippen LogP contribution in [0.15, 0.2) is 22.3 Å². The summed E-state index contributed by atoms with van der Waals surface area (Å²) < 4.78 is 10.3. The van der Waals surface area contributed by atoms with E-state index in [-0.39, 0.29) is 22.8 Å². The Bertz CT molecular complexity index is 643. The molecule has 4 aliphatic rings. The number of rotatable bonds is 2. The van der Waals surface area contributed by atoms with Crippen LogP contribution in [0, 0.1) is 10.8 Å². The molecule has 0 saturated heterocycles. The van der Waals surface area contributed by atoms with Crippen molar-refractivity contribution in [3.63, 3.8) is 0 Å². The number of carbonyl (C=O) groups is 2. The topological polar surface area (TPSA) is 52.6 Å². The number of ether oxygens (including phenoxy) is 2. The zero-order valence-electron chi connectivity index (χ0n) is 16.1. The second-order valence-electron chi connectivity index (χ2n) is 8.33. The summed E-state index contributed by atoms with van der Waals surface area (Å²) in [5, 5.41) is 0. The van der Waals surface area contributed by atoms with Crippen LogP contribution in [0.3, 0.4) is 0 Å². The zero-order valence-corrected chi connectivity index (χ0v) is 16.1. The maximum absolute atomic E-state index is 12.8. The highest BCUT2D eigenvalue weighted by Crippen LogP contribution is 2.81. The number of allylic oxidation sites excluding steroid dienone is 2. The molecule has 1 fully saturated rings. The van der Waals surface area contributed by atoms with E-state index in [2.05, 4.69) is 0 Å². The molecule has 0 aromatic rings. The minimum absolute atomic E-state index is 0.239. The molecule has 4 aliphatic carbocycles. The average Bonchev–Trinajstić information content (AvgIpc) is 2.62. The Hall–Kier alpha value is -1.58. The van der Waals surface area contributed by atoms with Crippen LogP contribution in [0.25, 0.3) is 0 Å². The quantitative estimate of drug-likeness (QED) is 0.533. The summed E-state index contributed by atoms with van der Waals surface area (Å²) in [6.07, 6.45) is 13.7. The number of hydrogen-bond donors (Lipinski definition) is 0. The minimum Gasteiger partial charge on any atom is -0.466 e. The van der Waals surface area contributed by atoms with E-state index >= 15 is 0 Å². The van der Waals surface area contributed by atoms with Crippen molar-refractivity contribution in [1.29, 1.82) is 0 Å². The summed E-state index contributed by atoms with van der Waals surface area (Å²) >= 11 is 0. The first-order valence-electron chi connectivity index (χ1n) is 10.3. The fourth-order valence-corrected chi connectivity index (χ4v) is 6.62. The van der Waals surface area contributed by atoms with Crippen molar-refractivity contribution in [3.8, 4) is 0 Å². The molecule has 0 spiro atoms.